The molecule has 1 N–H and O–H groups in total. The molecule has 2 aromatic carbocycles. The van der Waals surface area contributed by atoms with Crippen LogP contribution in [-0.4, -0.2) is 28.9 Å². The first-order chi connectivity index (χ1) is 13.8. The summed E-state index contributed by atoms with van der Waals surface area (Å²) in [4.78, 5) is 23.4. The third kappa shape index (κ3) is 4.68. The number of halogens is 1. The van der Waals surface area contributed by atoms with Crippen molar-refractivity contribution < 1.29 is 23.3 Å². The highest BCUT2D eigenvalue weighted by atomic mass is 32.2. The van der Waals surface area contributed by atoms with Gasteiger partial charge in [0, 0.05) is 22.0 Å². The molecule has 29 heavy (non-hydrogen) atoms. The SMILES string of the molecule is CC1=C(CC(=O)NCC(=O)[O-])c2cc(F)ccc2/C1=C\c1ccc([S@](C)=O)cc1. The van der Waals surface area contributed by atoms with Crippen LogP contribution in [0.4, 0.5) is 4.39 Å². The van der Waals surface area contributed by atoms with Crippen molar-refractivity contribution in [1.82, 2.24) is 5.32 Å². The van der Waals surface area contributed by atoms with Crippen LogP contribution in [0.25, 0.3) is 17.2 Å². The van der Waals surface area contributed by atoms with Crippen LogP contribution in [0.1, 0.15) is 30.0 Å². The van der Waals surface area contributed by atoms with Gasteiger partial charge in [-0.15, -0.1) is 0 Å². The summed E-state index contributed by atoms with van der Waals surface area (Å²) >= 11 is 0. The molecule has 0 fully saturated rings. The van der Waals surface area contributed by atoms with Crippen molar-refractivity contribution in [2.24, 2.45) is 0 Å². The zero-order valence-electron chi connectivity index (χ0n) is 16.0. The van der Waals surface area contributed by atoms with Crippen LogP contribution < -0.4 is 10.4 Å². The Morgan fingerprint density at radius 2 is 1.83 bits per heavy atom. The summed E-state index contributed by atoms with van der Waals surface area (Å²) in [5.74, 6) is -2.27. The maximum Gasteiger partial charge on any atom is 0.224 e. The van der Waals surface area contributed by atoms with E-state index in [-0.39, 0.29) is 6.42 Å². The summed E-state index contributed by atoms with van der Waals surface area (Å²) in [5.41, 5.74) is 4.61. The number of allylic oxidation sites excluding steroid dienone is 2. The number of aliphatic carboxylic acids is 1. The summed E-state index contributed by atoms with van der Waals surface area (Å²) in [7, 11) is -1.07. The number of nitrogens with one attached hydrogen (secondary N) is 1. The summed E-state index contributed by atoms with van der Waals surface area (Å²) in [6.45, 7) is 1.27. The summed E-state index contributed by atoms with van der Waals surface area (Å²) in [6.07, 6.45) is 3.47. The molecule has 0 unspecified atom stereocenters. The molecule has 0 spiro atoms. The van der Waals surface area contributed by atoms with Crippen molar-refractivity contribution in [3.05, 3.63) is 70.5 Å². The van der Waals surface area contributed by atoms with Gasteiger partial charge < -0.3 is 15.2 Å². The number of carboxylic acid groups (broad SMARTS) is 1. The number of fused-ring (bicyclic) bond motifs is 1. The lowest BCUT2D eigenvalue weighted by molar-refractivity contribution is -0.304. The predicted octanol–water partition coefficient (Wildman–Crippen LogP) is 2.15. The average Bonchev–Trinajstić information content (AvgIpc) is 2.92. The van der Waals surface area contributed by atoms with Gasteiger partial charge in [0.1, 0.15) is 5.82 Å². The van der Waals surface area contributed by atoms with Crippen molar-refractivity contribution >= 4 is 39.9 Å². The first-order valence-electron chi connectivity index (χ1n) is 8.88. The fourth-order valence-corrected chi connectivity index (χ4v) is 3.82. The maximum atomic E-state index is 13.9. The highest BCUT2D eigenvalue weighted by Crippen LogP contribution is 2.43. The second-order valence-corrected chi connectivity index (χ2v) is 8.08. The fourth-order valence-electron chi connectivity index (χ4n) is 3.30. The van der Waals surface area contributed by atoms with E-state index in [1.807, 2.05) is 25.1 Å². The van der Waals surface area contributed by atoms with E-state index in [0.717, 1.165) is 27.2 Å². The highest BCUT2D eigenvalue weighted by Gasteiger charge is 2.25. The van der Waals surface area contributed by atoms with Crippen molar-refractivity contribution in [2.75, 3.05) is 12.8 Å². The predicted molar refractivity (Wildman–Crippen MR) is 108 cm³/mol. The summed E-state index contributed by atoms with van der Waals surface area (Å²) in [6, 6.07) is 11.7. The minimum absolute atomic E-state index is 0.0688. The van der Waals surface area contributed by atoms with Gasteiger partial charge in [0.05, 0.1) is 18.9 Å². The number of carboxylic acids is 1. The van der Waals surface area contributed by atoms with Crippen LogP contribution in [0.3, 0.4) is 0 Å². The lowest BCUT2D eigenvalue weighted by Gasteiger charge is -2.08. The number of rotatable bonds is 6. The second kappa shape index (κ2) is 8.53. The molecule has 1 aliphatic rings. The van der Waals surface area contributed by atoms with E-state index in [4.69, 9.17) is 0 Å². The van der Waals surface area contributed by atoms with Crippen LogP contribution in [0.15, 0.2) is 52.9 Å². The zero-order valence-corrected chi connectivity index (χ0v) is 16.8. The van der Waals surface area contributed by atoms with E-state index in [9.17, 15) is 23.3 Å². The van der Waals surface area contributed by atoms with E-state index in [1.165, 1.54) is 12.1 Å². The van der Waals surface area contributed by atoms with E-state index in [2.05, 4.69) is 5.32 Å². The Morgan fingerprint density at radius 1 is 1.14 bits per heavy atom. The fraction of sp³-hybridized carbons (Fsp3) is 0.182. The van der Waals surface area contributed by atoms with Gasteiger partial charge in [0.15, 0.2) is 0 Å². The van der Waals surface area contributed by atoms with Gasteiger partial charge in [0.25, 0.3) is 0 Å². The number of amides is 1. The molecule has 150 valence electrons. The largest absolute Gasteiger partial charge is 0.548 e. The van der Waals surface area contributed by atoms with Crippen LogP contribution in [0.5, 0.6) is 0 Å². The Morgan fingerprint density at radius 3 is 2.45 bits per heavy atom. The first-order valence-corrected chi connectivity index (χ1v) is 10.4. The normalized spacial score (nSPS) is 15.3. The van der Waals surface area contributed by atoms with Crippen molar-refractivity contribution in [1.29, 1.82) is 0 Å². The Balaban J connectivity index is 1.99. The van der Waals surface area contributed by atoms with Gasteiger partial charge in [-0.1, -0.05) is 18.2 Å². The minimum Gasteiger partial charge on any atom is -0.548 e. The van der Waals surface area contributed by atoms with E-state index < -0.39 is 35.0 Å². The molecule has 5 nitrogen and oxygen atoms in total. The molecule has 0 saturated heterocycles. The summed E-state index contributed by atoms with van der Waals surface area (Å²) in [5, 5.41) is 12.8. The van der Waals surface area contributed by atoms with Crippen LogP contribution in [0, 0.1) is 5.82 Å². The van der Waals surface area contributed by atoms with Gasteiger partial charge in [-0.25, -0.2) is 4.39 Å². The van der Waals surface area contributed by atoms with Gasteiger partial charge in [0.2, 0.25) is 5.91 Å². The number of hydrogen-bond donors (Lipinski definition) is 1. The molecule has 0 bridgehead atoms. The molecule has 1 amide bonds. The molecule has 2 aromatic rings. The van der Waals surface area contributed by atoms with Gasteiger partial charge in [-0.3, -0.25) is 9.00 Å². The molecular weight excluding hydrogens is 393 g/mol. The van der Waals surface area contributed by atoms with Gasteiger partial charge >= 0.3 is 0 Å². The number of hydrogen-bond acceptors (Lipinski definition) is 4. The molecule has 0 radical (unpaired) electrons. The smallest absolute Gasteiger partial charge is 0.224 e. The van der Waals surface area contributed by atoms with Crippen LogP contribution in [0.2, 0.25) is 0 Å². The Hall–Kier alpha value is -3.06. The van der Waals surface area contributed by atoms with E-state index in [0.29, 0.717) is 11.1 Å². The molecule has 1 atom stereocenters. The Kier molecular flexibility index (Phi) is 6.08. The van der Waals surface area contributed by atoms with E-state index in [1.54, 1.807) is 24.5 Å². The Labute approximate surface area is 170 Å². The van der Waals surface area contributed by atoms with Crippen molar-refractivity contribution in [3.63, 3.8) is 0 Å². The lowest BCUT2D eigenvalue weighted by atomic mass is 10.0. The van der Waals surface area contributed by atoms with Crippen LogP contribution >= 0.6 is 0 Å². The van der Waals surface area contributed by atoms with E-state index >= 15 is 0 Å². The first kappa shape index (κ1) is 20.7. The number of carbonyl (C=O) groups is 2. The standard InChI is InChI=1S/C22H20FNO4S/c1-13-18(9-14-3-6-16(7-4-14)29(2)28)17-8-5-15(23)10-20(17)19(13)11-21(25)24-12-22(26)27/h3-10H,11-12H2,1-2H3,(H,24,25)(H,26,27)/p-1/b18-9-/t29-/m0/s1. The second-order valence-electron chi connectivity index (χ2n) is 6.70. The quantitative estimate of drug-likeness (QED) is 0.788. The van der Waals surface area contributed by atoms with Crippen molar-refractivity contribution in [2.45, 2.75) is 18.2 Å². The molecule has 0 heterocycles. The lowest BCUT2D eigenvalue weighted by Crippen LogP contribution is -2.37. The molecule has 0 saturated carbocycles. The third-order valence-electron chi connectivity index (χ3n) is 4.74. The van der Waals surface area contributed by atoms with Gasteiger partial charge in [-0.2, -0.15) is 0 Å². The topological polar surface area (TPSA) is 86.3 Å². The summed E-state index contributed by atoms with van der Waals surface area (Å²) < 4.78 is 25.4. The number of carbonyl (C=O) groups excluding carboxylic acids is 2. The molecule has 1 aliphatic carbocycles. The molecule has 7 heteroatoms. The average molecular weight is 412 g/mol. The minimum atomic E-state index is -1.38. The molecule has 3 rings (SSSR count). The number of benzene rings is 2. The highest BCUT2D eigenvalue weighted by molar-refractivity contribution is 7.84. The monoisotopic (exact) mass is 412 g/mol. The zero-order chi connectivity index (χ0) is 21.1. The molecule has 0 aliphatic heterocycles. The maximum absolute atomic E-state index is 13.9. The molecule has 0 aromatic heterocycles. The molecular formula is C22H19FNO4S-. The third-order valence-corrected chi connectivity index (χ3v) is 5.68. The van der Waals surface area contributed by atoms with Gasteiger partial charge in [-0.05, 0) is 70.7 Å². The Bertz CT molecular complexity index is 1070. The van der Waals surface area contributed by atoms with Crippen LogP contribution in [-0.2, 0) is 20.4 Å². The van der Waals surface area contributed by atoms with Crippen molar-refractivity contribution in [3.8, 4) is 0 Å².